The first-order valence-electron chi connectivity index (χ1n) is 10.1. The van der Waals surface area contributed by atoms with Crippen LogP contribution in [-0.2, 0) is 13.1 Å². The molecule has 31 heavy (non-hydrogen) atoms. The second-order valence-electron chi connectivity index (χ2n) is 7.64. The maximum Gasteiger partial charge on any atom is 0.255 e. The number of carbonyl (C=O) groups excluding carboxylic acids is 1. The second-order valence-corrected chi connectivity index (χ2v) is 7.64. The van der Waals surface area contributed by atoms with E-state index in [-0.39, 0.29) is 5.91 Å². The lowest BCUT2D eigenvalue weighted by Gasteiger charge is -2.22. The van der Waals surface area contributed by atoms with Gasteiger partial charge in [0.2, 0.25) is 0 Å². The number of amides is 1. The standard InChI is InChI=1S/C25H21N5O/c26-13-18-4-7-22(8-5-18)29-25(31)21-3-1-2-19(12-21)16-30(24-10-11-24)17-20-6-9-23(14-27)28-15-20/h1-9,12,15,24H,10-11,16-17H2,(H,29,31). The highest BCUT2D eigenvalue weighted by Gasteiger charge is 2.29. The molecule has 0 aliphatic heterocycles. The minimum atomic E-state index is -0.180. The molecule has 4 rings (SSSR count). The topological polar surface area (TPSA) is 92.8 Å². The van der Waals surface area contributed by atoms with E-state index in [1.54, 1.807) is 42.6 Å². The molecular formula is C25H21N5O. The van der Waals surface area contributed by atoms with Crippen LogP contribution in [0.1, 0.15) is 45.6 Å². The molecule has 1 fully saturated rings. The van der Waals surface area contributed by atoms with Crippen molar-refractivity contribution in [2.45, 2.75) is 32.0 Å². The highest BCUT2D eigenvalue weighted by Crippen LogP contribution is 2.30. The Hall–Kier alpha value is -4.00. The van der Waals surface area contributed by atoms with Gasteiger partial charge in [0.25, 0.3) is 5.91 Å². The van der Waals surface area contributed by atoms with Crippen LogP contribution in [0.15, 0.2) is 66.9 Å². The Morgan fingerprint density at radius 2 is 1.77 bits per heavy atom. The zero-order valence-electron chi connectivity index (χ0n) is 17.0. The lowest BCUT2D eigenvalue weighted by atomic mass is 10.1. The van der Waals surface area contributed by atoms with Crippen molar-refractivity contribution in [1.82, 2.24) is 9.88 Å². The minimum absolute atomic E-state index is 0.180. The molecule has 0 atom stereocenters. The zero-order valence-corrected chi connectivity index (χ0v) is 17.0. The number of nitrogens with zero attached hydrogens (tertiary/aromatic N) is 4. The maximum atomic E-state index is 12.7. The summed E-state index contributed by atoms with van der Waals surface area (Å²) in [6.07, 6.45) is 4.10. The summed E-state index contributed by atoms with van der Waals surface area (Å²) >= 11 is 0. The summed E-state index contributed by atoms with van der Waals surface area (Å²) in [4.78, 5) is 19.2. The monoisotopic (exact) mass is 407 g/mol. The normalized spacial score (nSPS) is 12.7. The second kappa shape index (κ2) is 9.21. The Labute approximate surface area is 181 Å². The molecule has 6 heteroatoms. The van der Waals surface area contributed by atoms with Crippen molar-refractivity contribution in [2.75, 3.05) is 5.32 Å². The summed E-state index contributed by atoms with van der Waals surface area (Å²) < 4.78 is 0. The Balaban J connectivity index is 1.44. The number of nitriles is 2. The van der Waals surface area contributed by atoms with Gasteiger partial charge in [0, 0.05) is 36.6 Å². The number of anilines is 1. The van der Waals surface area contributed by atoms with E-state index in [1.165, 1.54) is 12.8 Å². The Bertz CT molecular complexity index is 1150. The summed E-state index contributed by atoms with van der Waals surface area (Å²) in [7, 11) is 0. The average molecular weight is 407 g/mol. The van der Waals surface area contributed by atoms with Crippen LogP contribution in [0.3, 0.4) is 0 Å². The molecule has 1 amide bonds. The molecule has 0 saturated heterocycles. The van der Waals surface area contributed by atoms with Gasteiger partial charge >= 0.3 is 0 Å². The predicted molar refractivity (Wildman–Crippen MR) is 117 cm³/mol. The lowest BCUT2D eigenvalue weighted by Crippen LogP contribution is -2.25. The van der Waals surface area contributed by atoms with E-state index in [0.717, 1.165) is 24.2 Å². The van der Waals surface area contributed by atoms with E-state index in [1.807, 2.05) is 30.3 Å². The largest absolute Gasteiger partial charge is 0.322 e. The van der Waals surface area contributed by atoms with Crippen LogP contribution >= 0.6 is 0 Å². The molecule has 0 spiro atoms. The summed E-state index contributed by atoms with van der Waals surface area (Å²) in [5.74, 6) is -0.180. The third kappa shape index (κ3) is 5.33. The molecule has 1 aromatic heterocycles. The summed E-state index contributed by atoms with van der Waals surface area (Å²) in [6.45, 7) is 1.49. The number of aromatic nitrogens is 1. The first-order valence-corrected chi connectivity index (χ1v) is 10.1. The minimum Gasteiger partial charge on any atom is -0.322 e. The van der Waals surface area contributed by atoms with Crippen LogP contribution in [0.5, 0.6) is 0 Å². The van der Waals surface area contributed by atoms with Gasteiger partial charge in [-0.15, -0.1) is 0 Å². The fourth-order valence-corrected chi connectivity index (χ4v) is 3.45. The van der Waals surface area contributed by atoms with E-state index >= 15 is 0 Å². The van der Waals surface area contributed by atoms with Crippen molar-refractivity contribution in [3.8, 4) is 12.1 Å². The Morgan fingerprint density at radius 1 is 1.00 bits per heavy atom. The molecule has 1 saturated carbocycles. The number of pyridine rings is 1. The number of hydrogen-bond acceptors (Lipinski definition) is 5. The van der Waals surface area contributed by atoms with Crippen LogP contribution in [0.25, 0.3) is 0 Å². The molecule has 1 heterocycles. The molecule has 6 nitrogen and oxygen atoms in total. The molecule has 0 bridgehead atoms. The molecule has 2 aromatic carbocycles. The smallest absolute Gasteiger partial charge is 0.255 e. The van der Waals surface area contributed by atoms with Crippen LogP contribution in [0.4, 0.5) is 5.69 Å². The van der Waals surface area contributed by atoms with Crippen molar-refractivity contribution in [3.05, 3.63) is 94.8 Å². The Morgan fingerprint density at radius 3 is 2.42 bits per heavy atom. The number of benzene rings is 2. The van der Waals surface area contributed by atoms with Crippen molar-refractivity contribution in [1.29, 1.82) is 10.5 Å². The van der Waals surface area contributed by atoms with E-state index in [2.05, 4.69) is 21.3 Å². The third-order valence-electron chi connectivity index (χ3n) is 5.23. The van der Waals surface area contributed by atoms with Gasteiger partial charge in [-0.3, -0.25) is 9.69 Å². The first kappa shape index (κ1) is 20.3. The first-order chi connectivity index (χ1) is 15.1. The molecule has 1 aliphatic rings. The quantitative estimate of drug-likeness (QED) is 0.632. The van der Waals surface area contributed by atoms with Crippen molar-refractivity contribution >= 4 is 11.6 Å². The lowest BCUT2D eigenvalue weighted by molar-refractivity contribution is 0.102. The Kier molecular flexibility index (Phi) is 6.03. The molecular weight excluding hydrogens is 386 g/mol. The van der Waals surface area contributed by atoms with Gasteiger partial charge in [-0.25, -0.2) is 4.98 Å². The number of rotatable bonds is 7. The molecule has 0 unspecified atom stereocenters. The van der Waals surface area contributed by atoms with Gasteiger partial charge in [-0.2, -0.15) is 10.5 Å². The predicted octanol–water partition coefficient (Wildman–Crippen LogP) is 4.24. The van der Waals surface area contributed by atoms with Crippen LogP contribution in [0, 0.1) is 22.7 Å². The highest BCUT2D eigenvalue weighted by molar-refractivity contribution is 6.04. The van der Waals surface area contributed by atoms with Gasteiger partial charge < -0.3 is 5.32 Å². The van der Waals surface area contributed by atoms with E-state index < -0.39 is 0 Å². The molecule has 3 aromatic rings. The van der Waals surface area contributed by atoms with Crippen molar-refractivity contribution in [2.24, 2.45) is 0 Å². The van der Waals surface area contributed by atoms with Gasteiger partial charge in [0.05, 0.1) is 11.6 Å². The number of carbonyl (C=O) groups is 1. The molecule has 1 aliphatic carbocycles. The summed E-state index contributed by atoms with van der Waals surface area (Å²) in [5, 5.41) is 20.7. The van der Waals surface area contributed by atoms with E-state index in [4.69, 9.17) is 10.5 Å². The van der Waals surface area contributed by atoms with Gasteiger partial charge in [0.1, 0.15) is 11.8 Å². The van der Waals surface area contributed by atoms with Crippen molar-refractivity contribution in [3.63, 3.8) is 0 Å². The zero-order chi connectivity index (χ0) is 21.6. The third-order valence-corrected chi connectivity index (χ3v) is 5.23. The highest BCUT2D eigenvalue weighted by atomic mass is 16.1. The van der Waals surface area contributed by atoms with Crippen LogP contribution in [0.2, 0.25) is 0 Å². The van der Waals surface area contributed by atoms with Crippen LogP contribution < -0.4 is 5.32 Å². The van der Waals surface area contributed by atoms with Crippen LogP contribution in [-0.4, -0.2) is 21.8 Å². The summed E-state index contributed by atoms with van der Waals surface area (Å²) in [6, 6.07) is 22.8. The van der Waals surface area contributed by atoms with E-state index in [9.17, 15) is 4.79 Å². The van der Waals surface area contributed by atoms with Gasteiger partial charge in [-0.05, 0) is 66.4 Å². The fraction of sp³-hybridized carbons (Fsp3) is 0.200. The molecule has 0 radical (unpaired) electrons. The van der Waals surface area contributed by atoms with Gasteiger partial charge in [-0.1, -0.05) is 18.2 Å². The average Bonchev–Trinajstić information content (AvgIpc) is 3.65. The fourth-order valence-electron chi connectivity index (χ4n) is 3.45. The maximum absolute atomic E-state index is 12.7. The SMILES string of the molecule is N#Cc1ccc(NC(=O)c2cccc(CN(Cc3ccc(C#N)nc3)C3CC3)c2)cc1. The van der Waals surface area contributed by atoms with E-state index in [0.29, 0.717) is 28.6 Å². The number of hydrogen-bond donors (Lipinski definition) is 1. The van der Waals surface area contributed by atoms with Gasteiger partial charge in [0.15, 0.2) is 0 Å². The summed E-state index contributed by atoms with van der Waals surface area (Å²) in [5.41, 5.74) is 4.36. The molecule has 152 valence electrons. The van der Waals surface area contributed by atoms with Crippen molar-refractivity contribution < 1.29 is 4.79 Å². The molecule has 1 N–H and O–H groups in total. The number of nitrogens with one attached hydrogen (secondary N) is 1.